The summed E-state index contributed by atoms with van der Waals surface area (Å²) in [5, 5.41) is 28.8. The second kappa shape index (κ2) is 13.3. The van der Waals surface area contributed by atoms with E-state index in [0.29, 0.717) is 19.4 Å². The van der Waals surface area contributed by atoms with Gasteiger partial charge in [-0.1, -0.05) is 0 Å². The molecule has 0 radical (unpaired) electrons. The molecule has 0 spiro atoms. The first-order valence-electron chi connectivity index (χ1n) is 5.31. The first-order valence-corrected chi connectivity index (χ1v) is 5.31. The fraction of sp³-hybridized carbons (Fsp3) is 0.778. The minimum atomic E-state index is -1.43. The Balaban J connectivity index is -0.00000128. The van der Waals surface area contributed by atoms with Gasteiger partial charge < -0.3 is 37.6 Å². The van der Waals surface area contributed by atoms with Gasteiger partial charge in [-0.25, -0.2) is 0 Å². The van der Waals surface area contributed by atoms with Crippen LogP contribution >= 0.6 is 12.4 Å². The number of carboxylic acid groups (broad SMARTS) is 1. The van der Waals surface area contributed by atoms with Crippen molar-refractivity contribution >= 4 is 24.3 Å². The third-order valence-electron chi connectivity index (χ3n) is 2.04. The molecule has 0 aliphatic heterocycles. The van der Waals surface area contributed by atoms with E-state index in [9.17, 15) is 4.79 Å². The summed E-state index contributed by atoms with van der Waals surface area (Å²) in [6.45, 7) is 0.591. The number of rotatable bonds is 9. The lowest BCUT2D eigenvalue weighted by Gasteiger charge is -2.14. The zero-order chi connectivity index (χ0) is 13.3. The van der Waals surface area contributed by atoms with Gasteiger partial charge in [0.05, 0.1) is 0 Å². The van der Waals surface area contributed by atoms with Crippen molar-refractivity contribution in [2.75, 3.05) is 13.1 Å². The van der Waals surface area contributed by atoms with E-state index in [4.69, 9.17) is 26.8 Å². The van der Waals surface area contributed by atoms with Gasteiger partial charge in [-0.05, 0) is 12.8 Å². The number of aliphatic imine (C=N–C) groups is 1. The zero-order valence-electron chi connectivity index (χ0n) is 10.5. The summed E-state index contributed by atoms with van der Waals surface area (Å²) in [6, 6.07) is -0.733. The maximum Gasteiger partial charge on any atom is 0.320 e. The number of aliphatic carboxylic acids is 1. The summed E-state index contributed by atoms with van der Waals surface area (Å²) in [5.41, 5.74) is 10.2. The van der Waals surface area contributed by atoms with Gasteiger partial charge in [0.15, 0.2) is 12.2 Å². The van der Waals surface area contributed by atoms with Crippen molar-refractivity contribution in [2.45, 2.75) is 31.6 Å². The maximum absolute atomic E-state index is 10.8. The Kier molecular flexibility index (Phi) is 16.1. The van der Waals surface area contributed by atoms with E-state index in [0.717, 1.165) is 0 Å². The third kappa shape index (κ3) is 14.8. The van der Waals surface area contributed by atoms with Crippen molar-refractivity contribution in [1.29, 1.82) is 0 Å². The van der Waals surface area contributed by atoms with Crippen LogP contribution in [-0.2, 0) is 4.79 Å². The highest BCUT2D eigenvalue weighted by molar-refractivity contribution is 5.85. The highest BCUT2D eigenvalue weighted by Gasteiger charge is 2.15. The number of nitrogens with one attached hydrogen (secondary N) is 1. The van der Waals surface area contributed by atoms with Crippen LogP contribution in [0.25, 0.3) is 0 Å². The standard InChI is InChI=1S/C9H20N4O4.ClH.H2O/c10-9(11)13-4-1-2-6(8(16)17)12-5-3-7(14)15;;/h6-7,12,14-15H,1-5H2,(H,16,17)(H4,10,11,13);1H;1H2/t6-;;/m0../s1. The Morgan fingerprint density at radius 3 is 2.26 bits per heavy atom. The minimum Gasteiger partial charge on any atom is -0.480 e. The number of carboxylic acids is 1. The van der Waals surface area contributed by atoms with Crippen LogP contribution in [0.3, 0.4) is 0 Å². The van der Waals surface area contributed by atoms with Crippen LogP contribution in [-0.4, -0.2) is 58.1 Å². The number of hydrogen-bond donors (Lipinski definition) is 6. The third-order valence-corrected chi connectivity index (χ3v) is 2.04. The van der Waals surface area contributed by atoms with E-state index >= 15 is 0 Å². The maximum atomic E-state index is 10.8. The Hall–Kier alpha value is -1.13. The Labute approximate surface area is 117 Å². The fourth-order valence-corrected chi connectivity index (χ4v) is 1.20. The van der Waals surface area contributed by atoms with Gasteiger partial charge in [0.25, 0.3) is 0 Å². The van der Waals surface area contributed by atoms with Gasteiger partial charge in [-0.3, -0.25) is 9.79 Å². The van der Waals surface area contributed by atoms with Crippen molar-refractivity contribution in [3.8, 4) is 0 Å². The Bertz CT molecular complexity index is 261. The molecular weight excluding hydrogens is 280 g/mol. The monoisotopic (exact) mass is 302 g/mol. The normalized spacial score (nSPS) is 11.1. The predicted molar refractivity (Wildman–Crippen MR) is 73.0 cm³/mol. The molecule has 0 fully saturated rings. The van der Waals surface area contributed by atoms with E-state index in [2.05, 4.69) is 10.3 Å². The van der Waals surface area contributed by atoms with Crippen molar-refractivity contribution in [1.82, 2.24) is 5.32 Å². The first kappa shape index (κ1) is 23.0. The fourth-order valence-electron chi connectivity index (χ4n) is 1.20. The van der Waals surface area contributed by atoms with E-state index in [-0.39, 0.29) is 36.8 Å². The van der Waals surface area contributed by atoms with Gasteiger partial charge in [0.1, 0.15) is 6.04 Å². The SMILES string of the molecule is Cl.NC(N)=NCCC[C@H](NCCC(O)O)C(=O)O.O. The van der Waals surface area contributed by atoms with Gasteiger partial charge >= 0.3 is 5.97 Å². The molecule has 19 heavy (non-hydrogen) atoms. The van der Waals surface area contributed by atoms with Crippen LogP contribution in [0, 0.1) is 0 Å². The number of aliphatic hydroxyl groups excluding tert-OH is 1. The number of nitrogens with zero attached hydrogens (tertiary/aromatic N) is 1. The van der Waals surface area contributed by atoms with Crippen LogP contribution in [0.1, 0.15) is 19.3 Å². The second-order valence-corrected chi connectivity index (χ2v) is 3.56. The lowest BCUT2D eigenvalue weighted by molar-refractivity contribution is -0.139. The number of guanidine groups is 1. The molecule has 0 aromatic carbocycles. The lowest BCUT2D eigenvalue weighted by Crippen LogP contribution is -2.38. The summed E-state index contributed by atoms with van der Waals surface area (Å²) in [7, 11) is 0. The highest BCUT2D eigenvalue weighted by Crippen LogP contribution is 1.99. The molecule has 0 saturated carbocycles. The molecule has 0 rings (SSSR count). The summed E-state index contributed by atoms with van der Waals surface area (Å²) in [5.74, 6) is -1.00. The number of halogens is 1. The van der Waals surface area contributed by atoms with Crippen LogP contribution in [0.4, 0.5) is 0 Å². The molecule has 0 heterocycles. The van der Waals surface area contributed by atoms with Gasteiger partial charge in [-0.2, -0.15) is 0 Å². The zero-order valence-corrected chi connectivity index (χ0v) is 11.3. The highest BCUT2D eigenvalue weighted by atomic mass is 35.5. The molecule has 9 nitrogen and oxygen atoms in total. The molecule has 0 bridgehead atoms. The van der Waals surface area contributed by atoms with Gasteiger partial charge in [-0.15, -0.1) is 12.4 Å². The average molecular weight is 303 g/mol. The summed E-state index contributed by atoms with van der Waals surface area (Å²) < 4.78 is 0. The molecule has 10 heteroatoms. The molecule has 0 amide bonds. The van der Waals surface area contributed by atoms with E-state index < -0.39 is 18.3 Å². The number of hydrogen-bond acceptors (Lipinski definition) is 5. The van der Waals surface area contributed by atoms with Crippen molar-refractivity contribution in [2.24, 2.45) is 16.5 Å². The van der Waals surface area contributed by atoms with Gasteiger partial charge in [0.2, 0.25) is 0 Å². The lowest BCUT2D eigenvalue weighted by atomic mass is 10.1. The van der Waals surface area contributed by atoms with E-state index in [1.807, 2.05) is 0 Å². The topological polar surface area (TPSA) is 186 Å². The van der Waals surface area contributed by atoms with Crippen molar-refractivity contribution in [3.63, 3.8) is 0 Å². The molecule has 116 valence electrons. The van der Waals surface area contributed by atoms with Crippen LogP contribution in [0.2, 0.25) is 0 Å². The Morgan fingerprint density at radius 2 is 1.84 bits per heavy atom. The van der Waals surface area contributed by atoms with Crippen molar-refractivity contribution < 1.29 is 25.6 Å². The number of nitrogens with two attached hydrogens (primary N) is 2. The summed E-state index contributed by atoms with van der Waals surface area (Å²) in [6.07, 6.45) is -0.451. The second-order valence-electron chi connectivity index (χ2n) is 3.56. The molecule has 0 aliphatic rings. The van der Waals surface area contributed by atoms with Crippen LogP contribution in [0.15, 0.2) is 4.99 Å². The van der Waals surface area contributed by atoms with E-state index in [1.54, 1.807) is 0 Å². The molecule has 0 aromatic rings. The predicted octanol–water partition coefficient (Wildman–Crippen LogP) is -2.62. The summed E-state index contributed by atoms with van der Waals surface area (Å²) in [4.78, 5) is 14.6. The Morgan fingerprint density at radius 1 is 1.26 bits per heavy atom. The van der Waals surface area contributed by atoms with Crippen molar-refractivity contribution in [3.05, 3.63) is 0 Å². The molecular formula is C9H23ClN4O5. The average Bonchev–Trinajstić information content (AvgIpc) is 2.20. The number of aliphatic hydroxyl groups is 2. The number of carbonyl (C=O) groups is 1. The smallest absolute Gasteiger partial charge is 0.320 e. The minimum absolute atomic E-state index is 0. The molecule has 0 unspecified atom stereocenters. The molecule has 0 aliphatic carbocycles. The molecule has 0 aromatic heterocycles. The van der Waals surface area contributed by atoms with Crippen LogP contribution < -0.4 is 16.8 Å². The van der Waals surface area contributed by atoms with Crippen LogP contribution in [0.5, 0.6) is 0 Å². The molecule has 0 saturated heterocycles. The summed E-state index contributed by atoms with van der Waals surface area (Å²) >= 11 is 0. The largest absolute Gasteiger partial charge is 0.480 e. The quantitative estimate of drug-likeness (QED) is 0.116. The molecule has 1 atom stereocenters. The van der Waals surface area contributed by atoms with Gasteiger partial charge in [0, 0.05) is 19.5 Å². The molecule has 10 N–H and O–H groups in total. The van der Waals surface area contributed by atoms with E-state index in [1.165, 1.54) is 0 Å². The first-order chi connectivity index (χ1) is 7.93.